The molecule has 2 rings (SSSR count). The number of hydrogen-bond donors (Lipinski definition) is 1. The zero-order valence-electron chi connectivity index (χ0n) is 10.4. The zero-order valence-corrected chi connectivity index (χ0v) is 12.0. The van der Waals surface area contributed by atoms with Gasteiger partial charge in [0, 0.05) is 13.1 Å². The summed E-state index contributed by atoms with van der Waals surface area (Å²) in [7, 11) is -4.01. The molecule has 1 aliphatic rings. The molecule has 1 atom stereocenters. The first-order chi connectivity index (χ1) is 8.86. The Hall–Kier alpha value is -0.830. The fourth-order valence-electron chi connectivity index (χ4n) is 2.04. The summed E-state index contributed by atoms with van der Waals surface area (Å²) in [4.78, 5) is -0.582. The molecule has 4 nitrogen and oxygen atoms in total. The van der Waals surface area contributed by atoms with Gasteiger partial charge < -0.3 is 5.73 Å². The molecule has 1 aromatic carbocycles. The first-order valence-electron chi connectivity index (χ1n) is 5.71. The van der Waals surface area contributed by atoms with Crippen LogP contribution in [-0.4, -0.2) is 32.4 Å². The Bertz CT molecular complexity index is 574. The maximum Gasteiger partial charge on any atom is 0.243 e. The molecule has 1 fully saturated rings. The van der Waals surface area contributed by atoms with Crippen LogP contribution in [0.2, 0.25) is 0 Å². The van der Waals surface area contributed by atoms with Crippen molar-refractivity contribution in [1.82, 2.24) is 4.31 Å². The van der Waals surface area contributed by atoms with Gasteiger partial charge in [-0.05, 0) is 31.0 Å². The molecule has 0 aliphatic carbocycles. The second-order valence-corrected chi connectivity index (χ2v) is 6.39. The van der Waals surface area contributed by atoms with Crippen LogP contribution in [0.3, 0.4) is 0 Å². The summed E-state index contributed by atoms with van der Waals surface area (Å²) in [6.07, 6.45) is 0.599. The zero-order chi connectivity index (χ0) is 14.2. The van der Waals surface area contributed by atoms with E-state index in [1.165, 1.54) is 0 Å². The first-order valence-corrected chi connectivity index (χ1v) is 7.15. The topological polar surface area (TPSA) is 63.4 Å². The van der Waals surface area contributed by atoms with Gasteiger partial charge in [-0.2, -0.15) is 4.31 Å². The van der Waals surface area contributed by atoms with Crippen LogP contribution in [0.5, 0.6) is 0 Å². The van der Waals surface area contributed by atoms with Crippen molar-refractivity contribution in [3.63, 3.8) is 0 Å². The van der Waals surface area contributed by atoms with Crippen LogP contribution in [-0.2, 0) is 10.0 Å². The molecule has 114 valence electrons. The Labute approximate surface area is 121 Å². The Morgan fingerprint density at radius 1 is 1.25 bits per heavy atom. The van der Waals surface area contributed by atoms with E-state index in [-0.39, 0.29) is 31.4 Å². The quantitative estimate of drug-likeness (QED) is 0.854. The molecule has 20 heavy (non-hydrogen) atoms. The molecule has 0 radical (unpaired) electrons. The SMILES string of the molecule is Cl.NCC1CCN(S(=O)(=O)c2cc(F)c(F)c(F)c2)C1. The molecular weight excluding hydrogens is 317 g/mol. The van der Waals surface area contributed by atoms with Crippen molar-refractivity contribution in [2.24, 2.45) is 11.7 Å². The lowest BCUT2D eigenvalue weighted by atomic mass is 10.1. The smallest absolute Gasteiger partial charge is 0.243 e. The number of hydrogen-bond acceptors (Lipinski definition) is 3. The maximum atomic E-state index is 13.1. The third-order valence-electron chi connectivity index (χ3n) is 3.18. The van der Waals surface area contributed by atoms with Crippen LogP contribution in [0.25, 0.3) is 0 Å². The van der Waals surface area contributed by atoms with Crippen LogP contribution >= 0.6 is 12.4 Å². The van der Waals surface area contributed by atoms with Crippen molar-refractivity contribution in [1.29, 1.82) is 0 Å². The highest BCUT2D eigenvalue weighted by Gasteiger charge is 2.33. The summed E-state index contributed by atoms with van der Waals surface area (Å²) < 4.78 is 64.4. The highest BCUT2D eigenvalue weighted by atomic mass is 35.5. The van der Waals surface area contributed by atoms with Crippen LogP contribution < -0.4 is 5.73 Å². The molecule has 0 saturated carbocycles. The summed E-state index contributed by atoms with van der Waals surface area (Å²) in [6, 6.07) is 0.979. The lowest BCUT2D eigenvalue weighted by Crippen LogP contribution is -2.30. The standard InChI is InChI=1S/C11H13F3N2O2S.ClH/c12-9-3-8(4-10(13)11(9)14)19(17,18)16-2-1-7(5-15)6-16;/h3-4,7H,1-2,5-6,15H2;1H. The molecule has 1 saturated heterocycles. The Morgan fingerprint density at radius 2 is 1.80 bits per heavy atom. The predicted octanol–water partition coefficient (Wildman–Crippen LogP) is 1.50. The van der Waals surface area contributed by atoms with E-state index in [1.54, 1.807) is 0 Å². The molecule has 9 heteroatoms. The number of sulfonamides is 1. The summed E-state index contributed by atoms with van der Waals surface area (Å²) in [5.41, 5.74) is 5.46. The first kappa shape index (κ1) is 17.2. The van der Waals surface area contributed by atoms with Crippen molar-refractivity contribution >= 4 is 22.4 Å². The van der Waals surface area contributed by atoms with Gasteiger partial charge >= 0.3 is 0 Å². The van der Waals surface area contributed by atoms with Crippen LogP contribution in [0.4, 0.5) is 13.2 Å². The minimum Gasteiger partial charge on any atom is -0.330 e. The molecule has 1 aromatic rings. The van der Waals surface area contributed by atoms with Gasteiger partial charge in [-0.3, -0.25) is 0 Å². The molecule has 0 amide bonds. The number of nitrogens with two attached hydrogens (primary N) is 1. The number of rotatable bonds is 3. The van der Waals surface area contributed by atoms with Crippen molar-refractivity contribution in [3.8, 4) is 0 Å². The van der Waals surface area contributed by atoms with Gasteiger partial charge in [-0.25, -0.2) is 21.6 Å². The van der Waals surface area contributed by atoms with E-state index >= 15 is 0 Å². The molecule has 2 N–H and O–H groups in total. The van der Waals surface area contributed by atoms with E-state index in [2.05, 4.69) is 0 Å². The van der Waals surface area contributed by atoms with Gasteiger partial charge in [0.15, 0.2) is 17.5 Å². The van der Waals surface area contributed by atoms with E-state index in [9.17, 15) is 21.6 Å². The monoisotopic (exact) mass is 330 g/mol. The fourth-order valence-corrected chi connectivity index (χ4v) is 3.59. The molecule has 0 aromatic heterocycles. The lowest BCUT2D eigenvalue weighted by molar-refractivity contribution is 0.435. The van der Waals surface area contributed by atoms with Gasteiger partial charge in [0.2, 0.25) is 10.0 Å². The van der Waals surface area contributed by atoms with Gasteiger partial charge in [0.1, 0.15) is 0 Å². The van der Waals surface area contributed by atoms with Crippen LogP contribution in [0.15, 0.2) is 17.0 Å². The molecule has 0 spiro atoms. The van der Waals surface area contributed by atoms with Crippen LogP contribution in [0, 0.1) is 23.4 Å². The summed E-state index contributed by atoms with van der Waals surface area (Å²) in [6.45, 7) is 0.794. The van der Waals surface area contributed by atoms with E-state index in [1.807, 2.05) is 0 Å². The maximum absolute atomic E-state index is 13.1. The fraction of sp³-hybridized carbons (Fsp3) is 0.455. The lowest BCUT2D eigenvalue weighted by Gasteiger charge is -2.16. The van der Waals surface area contributed by atoms with E-state index < -0.39 is 32.4 Å². The third kappa shape index (κ3) is 3.08. The summed E-state index contributed by atoms with van der Waals surface area (Å²) >= 11 is 0. The molecular formula is C11H14ClF3N2O2S. The van der Waals surface area contributed by atoms with E-state index in [4.69, 9.17) is 5.73 Å². The number of halogens is 4. The largest absolute Gasteiger partial charge is 0.330 e. The molecule has 1 unspecified atom stereocenters. The molecule has 0 bridgehead atoms. The predicted molar refractivity (Wildman–Crippen MR) is 69.5 cm³/mol. The Morgan fingerprint density at radius 3 is 2.25 bits per heavy atom. The molecule has 1 heterocycles. The summed E-state index contributed by atoms with van der Waals surface area (Å²) in [5.74, 6) is -4.69. The third-order valence-corrected chi connectivity index (χ3v) is 5.02. The van der Waals surface area contributed by atoms with Crippen LogP contribution in [0.1, 0.15) is 6.42 Å². The normalized spacial score (nSPS) is 19.9. The van der Waals surface area contributed by atoms with Crippen molar-refractivity contribution in [3.05, 3.63) is 29.6 Å². The Kier molecular flexibility index (Phi) is 5.42. The highest BCUT2D eigenvalue weighted by molar-refractivity contribution is 7.89. The molecule has 1 aliphatic heterocycles. The van der Waals surface area contributed by atoms with E-state index in [0.29, 0.717) is 25.1 Å². The Balaban J connectivity index is 0.00000200. The van der Waals surface area contributed by atoms with Gasteiger partial charge in [-0.15, -0.1) is 12.4 Å². The summed E-state index contributed by atoms with van der Waals surface area (Å²) in [5, 5.41) is 0. The minimum atomic E-state index is -4.01. The van der Waals surface area contributed by atoms with Gasteiger partial charge in [0.05, 0.1) is 4.90 Å². The average molecular weight is 331 g/mol. The number of nitrogens with zero attached hydrogens (tertiary/aromatic N) is 1. The van der Waals surface area contributed by atoms with Gasteiger partial charge in [-0.1, -0.05) is 0 Å². The van der Waals surface area contributed by atoms with E-state index in [0.717, 1.165) is 4.31 Å². The average Bonchev–Trinajstić information content (AvgIpc) is 2.84. The second kappa shape index (κ2) is 6.30. The van der Waals surface area contributed by atoms with Crippen molar-refractivity contribution in [2.75, 3.05) is 19.6 Å². The minimum absolute atomic E-state index is 0. The van der Waals surface area contributed by atoms with Gasteiger partial charge in [0.25, 0.3) is 0 Å². The van der Waals surface area contributed by atoms with Crippen molar-refractivity contribution in [2.45, 2.75) is 11.3 Å². The second-order valence-electron chi connectivity index (χ2n) is 4.45. The number of benzene rings is 1. The highest BCUT2D eigenvalue weighted by Crippen LogP contribution is 2.25. The van der Waals surface area contributed by atoms with Crippen molar-refractivity contribution < 1.29 is 21.6 Å².